The number of carbonyl (C=O) groups is 17. The minimum Gasteiger partial charge on any atom is -0.508 e. The molecule has 97 heavy (non-hydrogen) atoms. The number of nitrogens with zero attached hydrogens (tertiary/aromatic N) is 1. The maximum Gasteiger partial charge on any atom is 0.326 e. The van der Waals surface area contributed by atoms with E-state index in [2.05, 4.69) is 58.5 Å². The van der Waals surface area contributed by atoms with Crippen molar-refractivity contribution in [1.82, 2.24) is 63.4 Å². The molecule has 1 aromatic rings. The summed E-state index contributed by atoms with van der Waals surface area (Å²) in [6.07, 6.45) is -2.81. The number of nitrogens with two attached hydrogens (primary N) is 5. The van der Waals surface area contributed by atoms with Crippen molar-refractivity contribution in [2.24, 2.45) is 52.3 Å². The number of rotatable bonds is 42. The van der Waals surface area contributed by atoms with Gasteiger partial charge in [0, 0.05) is 25.8 Å². The van der Waals surface area contributed by atoms with Crippen LogP contribution in [0.25, 0.3) is 0 Å². The van der Waals surface area contributed by atoms with Crippen LogP contribution in [0.5, 0.6) is 5.75 Å². The summed E-state index contributed by atoms with van der Waals surface area (Å²) in [4.78, 5) is 224. The van der Waals surface area contributed by atoms with E-state index < -0.39 is 218 Å². The number of phenols is 1. The molecule has 0 unspecified atom stereocenters. The molecule has 1 fully saturated rings. The number of carboxylic acid groups (broad SMARTS) is 1. The molecule has 540 valence electrons. The van der Waals surface area contributed by atoms with Gasteiger partial charge in [-0.1, -0.05) is 67.5 Å². The van der Waals surface area contributed by atoms with Gasteiger partial charge in [0.05, 0.1) is 32.0 Å². The van der Waals surface area contributed by atoms with Crippen molar-refractivity contribution in [3.05, 3.63) is 29.8 Å². The summed E-state index contributed by atoms with van der Waals surface area (Å²) in [5.41, 5.74) is 27.3. The van der Waals surface area contributed by atoms with Crippen molar-refractivity contribution in [2.75, 3.05) is 19.6 Å². The number of hydrogen-bond donors (Lipinski definition) is 18. The summed E-state index contributed by atoms with van der Waals surface area (Å²) >= 11 is 0. The zero-order valence-electron chi connectivity index (χ0n) is 56.0. The number of hydrogen-bond acceptors (Lipinski definition) is 19. The third kappa shape index (κ3) is 30.1. The van der Waals surface area contributed by atoms with Crippen LogP contribution >= 0.6 is 0 Å². The van der Waals surface area contributed by atoms with Crippen LogP contribution in [0.3, 0.4) is 0 Å². The Bertz CT molecular complexity index is 3020. The number of phenolic OH excluding ortho intramolecular Hbond substituents is 1. The maximum absolute atomic E-state index is 14.3. The summed E-state index contributed by atoms with van der Waals surface area (Å²) < 4.78 is 0. The third-order valence-corrected chi connectivity index (χ3v) is 15.1. The molecular weight excluding hydrogens is 1270 g/mol. The van der Waals surface area contributed by atoms with Crippen molar-refractivity contribution in [1.29, 1.82) is 0 Å². The zero-order chi connectivity index (χ0) is 73.7. The van der Waals surface area contributed by atoms with E-state index in [1.54, 1.807) is 41.5 Å². The second-order valence-electron chi connectivity index (χ2n) is 25.2. The van der Waals surface area contributed by atoms with E-state index >= 15 is 0 Å². The minimum absolute atomic E-state index is 0.00384. The van der Waals surface area contributed by atoms with Crippen LogP contribution in [-0.2, 0) is 87.9 Å². The molecule has 0 radical (unpaired) electrons. The van der Waals surface area contributed by atoms with Gasteiger partial charge in [0.15, 0.2) is 0 Å². The van der Waals surface area contributed by atoms with Crippen LogP contribution in [0.2, 0.25) is 0 Å². The molecule has 2 rings (SSSR count). The quantitative estimate of drug-likeness (QED) is 0.0289. The number of amides is 16. The highest BCUT2D eigenvalue weighted by Gasteiger charge is 2.39. The van der Waals surface area contributed by atoms with Crippen LogP contribution in [0, 0.1) is 23.7 Å². The molecular formula is C61H97N17O19. The molecule has 1 saturated heterocycles. The fraction of sp³-hybridized carbons (Fsp3) is 0.623. The molecule has 0 spiro atoms. The van der Waals surface area contributed by atoms with Crippen LogP contribution in [0.4, 0.5) is 0 Å². The lowest BCUT2D eigenvalue weighted by molar-refractivity contribution is -0.144. The summed E-state index contributed by atoms with van der Waals surface area (Å²) in [5, 5.41) is 46.4. The third-order valence-electron chi connectivity index (χ3n) is 15.1. The Morgan fingerprint density at radius 1 is 0.485 bits per heavy atom. The smallest absolute Gasteiger partial charge is 0.326 e. The molecule has 1 aliphatic heterocycles. The van der Waals surface area contributed by atoms with Crippen LogP contribution in [-0.4, -0.2) is 202 Å². The first kappa shape index (κ1) is 83.1. The first-order valence-electron chi connectivity index (χ1n) is 31.7. The average Bonchev–Trinajstić information content (AvgIpc) is 1.81. The fourth-order valence-corrected chi connectivity index (χ4v) is 9.89. The largest absolute Gasteiger partial charge is 0.508 e. The van der Waals surface area contributed by atoms with E-state index in [0.29, 0.717) is 5.56 Å². The Labute approximate surface area is 560 Å². The highest BCUT2D eigenvalue weighted by atomic mass is 16.4. The van der Waals surface area contributed by atoms with Crippen LogP contribution in [0.1, 0.15) is 132 Å². The normalized spacial score (nSPS) is 15.8. The number of benzene rings is 1. The van der Waals surface area contributed by atoms with Crippen molar-refractivity contribution < 1.29 is 91.7 Å². The Morgan fingerprint density at radius 2 is 0.938 bits per heavy atom. The lowest BCUT2D eigenvalue weighted by Gasteiger charge is -2.28. The van der Waals surface area contributed by atoms with E-state index in [4.69, 9.17) is 28.7 Å². The van der Waals surface area contributed by atoms with Gasteiger partial charge < -0.3 is 102 Å². The Kier molecular flexibility index (Phi) is 34.6. The number of carbonyl (C=O) groups excluding carboxylic acids is 16. The molecule has 0 aromatic heterocycles. The number of likely N-dealkylation sites (tertiary alicyclic amines) is 1. The number of aromatic hydroxyl groups is 1. The van der Waals surface area contributed by atoms with E-state index in [1.807, 2.05) is 0 Å². The second-order valence-corrected chi connectivity index (χ2v) is 25.2. The summed E-state index contributed by atoms with van der Waals surface area (Å²) in [7, 11) is 0. The first-order valence-corrected chi connectivity index (χ1v) is 31.7. The highest BCUT2D eigenvalue weighted by Crippen LogP contribution is 2.19. The molecule has 11 atom stereocenters. The molecule has 0 saturated carbocycles. The molecule has 16 amide bonds. The van der Waals surface area contributed by atoms with E-state index in [9.17, 15) is 91.7 Å². The standard InChI is InChI=1S/C61H97N17O19/c1-28(2)21-38(55(90)72-36(16-18-43(63)80)53(88)68-27-48(85)78-20-10-11-42(78)59(94)75-41(25-46(66)83)58(93)77-50(31(7)8)61(96)97)74-56(91)40(23-33-12-14-34(79)15-13-33)70-47(84)26-67-51(86)32(9)69-60(95)49(30(5)6)76-57(92)39(22-29(3)4)73-54(89)37(17-19-44(64)81)71-52(87)35(62)24-45(65)82/h12-15,28-32,35-42,49-50,79H,10-11,16-27,62H2,1-9H3,(H2,63,80)(H2,64,81)(H2,65,82)(H2,66,83)(H,67,86)(H,68,88)(H,69,95)(H,70,84)(H,71,87)(H,72,90)(H,73,89)(H,74,91)(H,75,94)(H,76,92)(H,77,93)(H,96,97)/t32-,35-,36-,37-,38-,39-,40-,41-,42-,49-,50-/m0/s1. The Morgan fingerprint density at radius 3 is 1.43 bits per heavy atom. The van der Waals surface area contributed by atoms with Crippen LogP contribution in [0.15, 0.2) is 24.3 Å². The Balaban J connectivity index is 2.28. The highest BCUT2D eigenvalue weighted by molar-refractivity contribution is 6.00. The molecule has 36 heteroatoms. The van der Waals surface area contributed by atoms with Gasteiger partial charge in [0.25, 0.3) is 0 Å². The monoisotopic (exact) mass is 1370 g/mol. The van der Waals surface area contributed by atoms with Gasteiger partial charge in [-0.05, 0) is 86.8 Å². The van der Waals surface area contributed by atoms with Crippen molar-refractivity contribution in [3.8, 4) is 5.75 Å². The van der Waals surface area contributed by atoms with E-state index in [0.717, 1.165) is 4.90 Å². The van der Waals surface area contributed by atoms with Crippen molar-refractivity contribution in [3.63, 3.8) is 0 Å². The van der Waals surface area contributed by atoms with Gasteiger partial charge >= 0.3 is 5.97 Å². The first-order chi connectivity index (χ1) is 45.2. The zero-order valence-corrected chi connectivity index (χ0v) is 56.0. The van der Waals surface area contributed by atoms with E-state index in [-0.39, 0.29) is 69.1 Å². The van der Waals surface area contributed by atoms with Gasteiger partial charge in [-0.2, -0.15) is 0 Å². The SMILES string of the molecule is CC(C)C[C@H](NC(=O)[C@H](Cc1ccc(O)cc1)NC(=O)CNC(=O)[C@H](C)NC(=O)[C@@H](NC(=O)[C@H](CC(C)C)NC(=O)[C@H](CCC(N)=O)NC(=O)[C@@H](N)CC(N)=O)C(C)C)C(=O)N[C@@H](CCC(N)=O)C(=O)NCC(=O)N1CCC[C@H]1C(=O)N[C@@H](CC(N)=O)C(=O)N[C@H](C(=O)O)C(C)C. The lowest BCUT2D eigenvalue weighted by atomic mass is 9.99. The Hall–Kier alpha value is -10.0. The molecule has 23 N–H and O–H groups in total. The fourth-order valence-electron chi connectivity index (χ4n) is 9.89. The average molecular weight is 1370 g/mol. The van der Waals surface area contributed by atoms with E-state index in [1.165, 1.54) is 45.0 Å². The topological polar surface area (TPSA) is 596 Å². The number of primary amides is 4. The van der Waals surface area contributed by atoms with Gasteiger partial charge in [-0.15, -0.1) is 0 Å². The number of carboxylic acids is 1. The summed E-state index contributed by atoms with van der Waals surface area (Å²) in [5.74, 6) is -18.0. The number of nitrogens with one attached hydrogen (secondary N) is 11. The predicted octanol–water partition coefficient (Wildman–Crippen LogP) is -6.36. The van der Waals surface area contributed by atoms with Gasteiger partial charge in [-0.25, -0.2) is 4.79 Å². The summed E-state index contributed by atoms with van der Waals surface area (Å²) in [6, 6.07) is -10.2. The number of aliphatic carboxylic acids is 1. The molecule has 1 heterocycles. The molecule has 36 nitrogen and oxygen atoms in total. The maximum atomic E-state index is 14.3. The molecule has 0 bridgehead atoms. The van der Waals surface area contributed by atoms with Crippen LogP contribution < -0.4 is 87.2 Å². The van der Waals surface area contributed by atoms with Gasteiger partial charge in [-0.3, -0.25) is 76.7 Å². The minimum atomic E-state index is -1.62. The van der Waals surface area contributed by atoms with Crippen molar-refractivity contribution in [2.45, 2.75) is 199 Å². The van der Waals surface area contributed by atoms with Gasteiger partial charge in [0.2, 0.25) is 94.5 Å². The lowest BCUT2D eigenvalue weighted by Crippen LogP contribution is -2.60. The second kappa shape index (κ2) is 40.4. The van der Waals surface area contributed by atoms with Crippen molar-refractivity contribution >= 4 is 100 Å². The molecule has 1 aromatic carbocycles. The molecule has 0 aliphatic carbocycles. The van der Waals surface area contributed by atoms with Gasteiger partial charge in [0.1, 0.15) is 66.2 Å². The predicted molar refractivity (Wildman–Crippen MR) is 344 cm³/mol. The molecule has 1 aliphatic rings. The summed E-state index contributed by atoms with van der Waals surface area (Å²) in [6.45, 7) is 12.8.